The van der Waals surface area contributed by atoms with Crippen LogP contribution in [0.1, 0.15) is 11.5 Å². The molecule has 1 unspecified atom stereocenters. The van der Waals surface area contributed by atoms with E-state index in [0.29, 0.717) is 19.6 Å². The van der Waals surface area contributed by atoms with Gasteiger partial charge in [-0.2, -0.15) is 0 Å². The lowest BCUT2D eigenvalue weighted by Crippen LogP contribution is -2.34. The Morgan fingerprint density at radius 2 is 1.81 bits per heavy atom. The number of nitrogens with zero attached hydrogens (tertiary/aromatic N) is 1. The quantitative estimate of drug-likeness (QED) is 0.564. The van der Waals surface area contributed by atoms with E-state index in [1.807, 2.05) is 29.2 Å². The van der Waals surface area contributed by atoms with Crippen LogP contribution >= 0.6 is 0 Å². The maximum Gasteiger partial charge on any atom is 0.117 e. The fourth-order valence-electron chi connectivity index (χ4n) is 2.04. The zero-order chi connectivity index (χ0) is 14.9. The molecule has 0 aliphatic carbocycles. The Kier molecular flexibility index (Phi) is 6.10. The summed E-state index contributed by atoms with van der Waals surface area (Å²) in [6.07, 6.45) is 7.75. The number of rotatable bonds is 9. The van der Waals surface area contributed by atoms with Crippen LogP contribution in [-0.2, 0) is 17.8 Å². The van der Waals surface area contributed by atoms with Gasteiger partial charge >= 0.3 is 0 Å². The normalized spacial score (nSPS) is 12.4. The third kappa shape index (κ3) is 5.48. The van der Waals surface area contributed by atoms with Gasteiger partial charge in [-0.15, -0.1) is 6.42 Å². The van der Waals surface area contributed by atoms with Gasteiger partial charge in [-0.25, -0.2) is 0 Å². The lowest BCUT2D eigenvalue weighted by Gasteiger charge is -2.23. The number of ether oxygens (including phenoxy) is 1. The summed E-state index contributed by atoms with van der Waals surface area (Å²) >= 11 is 0. The van der Waals surface area contributed by atoms with Crippen LogP contribution < -0.4 is 0 Å². The first kappa shape index (κ1) is 15.4. The number of aliphatic hydroxyl groups excluding tert-OH is 1. The number of hydrogen-bond donors (Lipinski definition) is 1. The highest BCUT2D eigenvalue weighted by Gasteiger charge is 2.15. The van der Waals surface area contributed by atoms with Gasteiger partial charge in [0.1, 0.15) is 18.1 Å². The molecule has 0 spiro atoms. The van der Waals surface area contributed by atoms with Gasteiger partial charge in [-0.1, -0.05) is 5.92 Å². The molecule has 2 aromatic heterocycles. The van der Waals surface area contributed by atoms with Gasteiger partial charge in [0.15, 0.2) is 0 Å². The van der Waals surface area contributed by atoms with Gasteiger partial charge in [-0.3, -0.25) is 4.90 Å². The van der Waals surface area contributed by atoms with Crippen LogP contribution in [-0.4, -0.2) is 35.9 Å². The molecule has 0 aromatic carbocycles. The van der Waals surface area contributed by atoms with Gasteiger partial charge in [0.25, 0.3) is 0 Å². The van der Waals surface area contributed by atoms with Crippen molar-refractivity contribution in [1.29, 1.82) is 0 Å². The molecule has 0 fully saturated rings. The van der Waals surface area contributed by atoms with Crippen LogP contribution in [0.4, 0.5) is 0 Å². The highest BCUT2D eigenvalue weighted by Crippen LogP contribution is 2.11. The molecule has 2 rings (SSSR count). The fourth-order valence-corrected chi connectivity index (χ4v) is 2.04. The van der Waals surface area contributed by atoms with Crippen molar-refractivity contribution < 1.29 is 18.7 Å². The van der Waals surface area contributed by atoms with Crippen molar-refractivity contribution in [3.63, 3.8) is 0 Å². The molecule has 5 nitrogen and oxygen atoms in total. The van der Waals surface area contributed by atoms with E-state index in [4.69, 9.17) is 20.0 Å². The number of furan rings is 2. The molecule has 21 heavy (non-hydrogen) atoms. The average Bonchev–Trinajstić information content (AvgIpc) is 3.12. The van der Waals surface area contributed by atoms with Crippen LogP contribution in [0.25, 0.3) is 0 Å². The van der Waals surface area contributed by atoms with E-state index in [1.165, 1.54) is 0 Å². The van der Waals surface area contributed by atoms with Crippen molar-refractivity contribution in [2.45, 2.75) is 19.2 Å². The smallest absolute Gasteiger partial charge is 0.117 e. The highest BCUT2D eigenvalue weighted by molar-refractivity contribution is 5.01. The first-order valence-corrected chi connectivity index (χ1v) is 6.74. The molecule has 0 saturated heterocycles. The molecule has 0 bridgehead atoms. The van der Waals surface area contributed by atoms with Gasteiger partial charge in [0.2, 0.25) is 0 Å². The van der Waals surface area contributed by atoms with E-state index < -0.39 is 6.10 Å². The second kappa shape index (κ2) is 8.32. The first-order valence-electron chi connectivity index (χ1n) is 6.74. The van der Waals surface area contributed by atoms with Crippen LogP contribution in [0.3, 0.4) is 0 Å². The Morgan fingerprint density at radius 1 is 1.19 bits per heavy atom. The number of aliphatic hydroxyl groups is 1. The summed E-state index contributed by atoms with van der Waals surface area (Å²) in [5.41, 5.74) is 0. The first-order chi connectivity index (χ1) is 10.3. The summed E-state index contributed by atoms with van der Waals surface area (Å²) in [4.78, 5) is 2.03. The van der Waals surface area contributed by atoms with Gasteiger partial charge in [0, 0.05) is 6.54 Å². The van der Waals surface area contributed by atoms with Gasteiger partial charge in [0.05, 0.1) is 38.3 Å². The Bertz CT molecular complexity index is 491. The van der Waals surface area contributed by atoms with Gasteiger partial charge < -0.3 is 18.7 Å². The molecule has 0 saturated carbocycles. The molecule has 0 amide bonds. The van der Waals surface area contributed by atoms with Crippen molar-refractivity contribution in [2.75, 3.05) is 19.8 Å². The predicted molar refractivity (Wildman–Crippen MR) is 77.2 cm³/mol. The van der Waals surface area contributed by atoms with Gasteiger partial charge in [-0.05, 0) is 24.3 Å². The minimum atomic E-state index is -0.622. The molecule has 2 aromatic rings. The Hall–Kier alpha value is -2.00. The predicted octanol–water partition coefficient (Wildman–Crippen LogP) is 1.89. The number of hydrogen-bond acceptors (Lipinski definition) is 5. The third-order valence-electron chi connectivity index (χ3n) is 2.88. The Morgan fingerprint density at radius 3 is 2.29 bits per heavy atom. The second-order valence-electron chi connectivity index (χ2n) is 4.70. The van der Waals surface area contributed by atoms with E-state index in [1.54, 1.807) is 12.5 Å². The zero-order valence-corrected chi connectivity index (χ0v) is 11.8. The van der Waals surface area contributed by atoms with E-state index in [2.05, 4.69) is 5.92 Å². The van der Waals surface area contributed by atoms with E-state index in [-0.39, 0.29) is 13.2 Å². The Balaban J connectivity index is 1.89. The maximum atomic E-state index is 10.0. The second-order valence-corrected chi connectivity index (χ2v) is 4.70. The van der Waals surface area contributed by atoms with Crippen molar-refractivity contribution in [2.24, 2.45) is 0 Å². The van der Waals surface area contributed by atoms with Crippen LogP contribution in [0, 0.1) is 12.3 Å². The minimum absolute atomic E-state index is 0.202. The van der Waals surface area contributed by atoms with Crippen LogP contribution in [0.15, 0.2) is 45.6 Å². The van der Waals surface area contributed by atoms with Crippen molar-refractivity contribution in [1.82, 2.24) is 4.90 Å². The summed E-state index contributed by atoms with van der Waals surface area (Å²) < 4.78 is 15.9. The molecule has 5 heteroatoms. The SMILES string of the molecule is C#CCOCC(O)CN(Cc1ccco1)Cc1ccco1. The van der Waals surface area contributed by atoms with Crippen LogP contribution in [0.2, 0.25) is 0 Å². The zero-order valence-electron chi connectivity index (χ0n) is 11.8. The minimum Gasteiger partial charge on any atom is -0.468 e. The molecule has 112 valence electrons. The highest BCUT2D eigenvalue weighted by atomic mass is 16.5. The Labute approximate surface area is 124 Å². The summed E-state index contributed by atoms with van der Waals surface area (Å²) in [6, 6.07) is 7.48. The van der Waals surface area contributed by atoms with Crippen molar-refractivity contribution in [3.05, 3.63) is 48.3 Å². The number of terminal acetylenes is 1. The molecular weight excluding hydrogens is 270 g/mol. The average molecular weight is 289 g/mol. The topological polar surface area (TPSA) is 59.0 Å². The summed E-state index contributed by atoms with van der Waals surface area (Å²) in [6.45, 7) is 2.01. The van der Waals surface area contributed by atoms with E-state index in [9.17, 15) is 5.11 Å². The summed E-state index contributed by atoms with van der Waals surface area (Å²) in [7, 11) is 0. The van der Waals surface area contributed by atoms with Crippen molar-refractivity contribution in [3.8, 4) is 12.3 Å². The van der Waals surface area contributed by atoms with E-state index >= 15 is 0 Å². The monoisotopic (exact) mass is 289 g/mol. The lowest BCUT2D eigenvalue weighted by molar-refractivity contribution is 0.0216. The largest absolute Gasteiger partial charge is 0.468 e. The molecule has 0 aliphatic rings. The molecule has 2 heterocycles. The summed E-state index contributed by atoms with van der Waals surface area (Å²) in [5, 5.41) is 10.0. The standard InChI is InChI=1S/C16H19NO4/c1-2-7-19-13-14(18)10-17(11-15-5-3-8-20-15)12-16-6-4-9-21-16/h1,3-6,8-9,14,18H,7,10-13H2. The molecule has 1 atom stereocenters. The van der Waals surface area contributed by atoms with E-state index in [0.717, 1.165) is 11.5 Å². The molecule has 0 aliphatic heterocycles. The molecular formula is C16H19NO4. The van der Waals surface area contributed by atoms with Crippen molar-refractivity contribution >= 4 is 0 Å². The fraction of sp³-hybridized carbons (Fsp3) is 0.375. The summed E-state index contributed by atoms with van der Waals surface area (Å²) in [5.74, 6) is 4.04. The maximum absolute atomic E-state index is 10.0. The third-order valence-corrected chi connectivity index (χ3v) is 2.88. The molecule has 1 N–H and O–H groups in total. The molecule has 0 radical (unpaired) electrons. The lowest BCUT2D eigenvalue weighted by atomic mass is 10.3. The van der Waals surface area contributed by atoms with Crippen LogP contribution in [0.5, 0.6) is 0 Å².